The zero-order chi connectivity index (χ0) is 5.91. The van der Waals surface area contributed by atoms with Crippen LogP contribution in [0.15, 0.2) is 0 Å². The first-order valence-electron chi connectivity index (χ1n) is 2.19. The third-order valence-electron chi connectivity index (χ3n) is 0.727. The van der Waals surface area contributed by atoms with Crippen LogP contribution < -0.4 is 0 Å². The van der Waals surface area contributed by atoms with Crippen molar-refractivity contribution in [2.45, 2.75) is 13.8 Å². The number of aldehydes is 1. The molecule has 0 saturated heterocycles. The molecule has 0 aliphatic rings. The minimum atomic E-state index is -0.233. The summed E-state index contributed by atoms with van der Waals surface area (Å²) in [6, 6.07) is 0. The van der Waals surface area contributed by atoms with Crippen LogP contribution in [0, 0.1) is 5.41 Å². The van der Waals surface area contributed by atoms with Crippen LogP contribution in [0.3, 0.4) is 0 Å². The van der Waals surface area contributed by atoms with Gasteiger partial charge in [0.05, 0.1) is 0 Å². The van der Waals surface area contributed by atoms with Crippen LogP contribution in [-0.4, -0.2) is 12.0 Å². The second-order valence-electron chi connectivity index (χ2n) is 2.26. The van der Waals surface area contributed by atoms with E-state index in [0.29, 0.717) is 5.75 Å². The van der Waals surface area contributed by atoms with Crippen LogP contribution in [0.2, 0.25) is 0 Å². The molecular formula is C5H10OS. The van der Waals surface area contributed by atoms with Crippen molar-refractivity contribution in [2.75, 3.05) is 5.75 Å². The Bertz CT molecular complexity index is 68.5. The maximum absolute atomic E-state index is 10.0. The lowest BCUT2D eigenvalue weighted by atomic mass is 10.00. The summed E-state index contributed by atoms with van der Waals surface area (Å²) in [6.45, 7) is 3.71. The quantitative estimate of drug-likeness (QED) is 0.425. The Hall–Kier alpha value is 0.0200. The van der Waals surface area contributed by atoms with Crippen molar-refractivity contribution in [3.63, 3.8) is 0 Å². The molecule has 2 heteroatoms. The molecular weight excluding hydrogens is 108 g/mol. The Balaban J connectivity index is 3.58. The molecule has 0 N–H and O–H groups in total. The molecule has 42 valence electrons. The van der Waals surface area contributed by atoms with Crippen LogP contribution >= 0.6 is 12.6 Å². The van der Waals surface area contributed by atoms with Gasteiger partial charge in [-0.1, -0.05) is 13.8 Å². The van der Waals surface area contributed by atoms with Crippen molar-refractivity contribution < 1.29 is 4.79 Å². The van der Waals surface area contributed by atoms with Crippen molar-refractivity contribution in [1.29, 1.82) is 0 Å². The zero-order valence-electron chi connectivity index (χ0n) is 4.64. The minimum Gasteiger partial charge on any atom is -0.303 e. The largest absolute Gasteiger partial charge is 0.303 e. The highest BCUT2D eigenvalue weighted by atomic mass is 32.1. The zero-order valence-corrected chi connectivity index (χ0v) is 5.53. The van der Waals surface area contributed by atoms with E-state index >= 15 is 0 Å². The van der Waals surface area contributed by atoms with E-state index in [4.69, 9.17) is 0 Å². The molecule has 0 bridgehead atoms. The summed E-state index contributed by atoms with van der Waals surface area (Å²) in [7, 11) is 0. The van der Waals surface area contributed by atoms with Crippen molar-refractivity contribution in [2.24, 2.45) is 5.41 Å². The lowest BCUT2D eigenvalue weighted by Gasteiger charge is -2.10. The molecule has 0 aromatic rings. The highest BCUT2D eigenvalue weighted by Gasteiger charge is 2.11. The molecule has 0 aliphatic carbocycles. The van der Waals surface area contributed by atoms with Gasteiger partial charge in [0.15, 0.2) is 0 Å². The lowest BCUT2D eigenvalue weighted by Crippen LogP contribution is -2.13. The van der Waals surface area contributed by atoms with Crippen molar-refractivity contribution in [1.82, 2.24) is 0 Å². The summed E-state index contributed by atoms with van der Waals surface area (Å²) in [6.07, 6.45) is 0.917. The summed E-state index contributed by atoms with van der Waals surface area (Å²) >= 11 is 3.95. The number of thiol groups is 1. The number of hydrogen-bond acceptors (Lipinski definition) is 2. The minimum absolute atomic E-state index is 0.233. The maximum atomic E-state index is 10.0. The molecule has 7 heavy (non-hydrogen) atoms. The highest BCUT2D eigenvalue weighted by molar-refractivity contribution is 7.80. The van der Waals surface area contributed by atoms with Gasteiger partial charge < -0.3 is 4.79 Å². The van der Waals surface area contributed by atoms with Crippen molar-refractivity contribution in [3.8, 4) is 0 Å². The Labute approximate surface area is 49.5 Å². The van der Waals surface area contributed by atoms with Crippen LogP contribution in [0.1, 0.15) is 13.8 Å². The van der Waals surface area contributed by atoms with Gasteiger partial charge in [-0.15, -0.1) is 0 Å². The Morgan fingerprint density at radius 1 is 1.71 bits per heavy atom. The molecule has 0 saturated carbocycles. The van der Waals surface area contributed by atoms with Crippen LogP contribution in [0.25, 0.3) is 0 Å². The van der Waals surface area contributed by atoms with E-state index in [0.717, 1.165) is 6.29 Å². The number of rotatable bonds is 2. The number of carbonyl (C=O) groups excluding carboxylic acids is 1. The smallest absolute Gasteiger partial charge is 0.126 e. The van der Waals surface area contributed by atoms with E-state index in [9.17, 15) is 4.79 Å². The highest BCUT2D eigenvalue weighted by Crippen LogP contribution is 2.11. The monoisotopic (exact) mass is 118 g/mol. The van der Waals surface area contributed by atoms with E-state index in [1.807, 2.05) is 13.8 Å². The van der Waals surface area contributed by atoms with Gasteiger partial charge in [-0.2, -0.15) is 12.6 Å². The molecule has 1 nitrogen and oxygen atoms in total. The van der Waals surface area contributed by atoms with Crippen LogP contribution in [-0.2, 0) is 4.79 Å². The van der Waals surface area contributed by atoms with Crippen molar-refractivity contribution in [3.05, 3.63) is 0 Å². The fraction of sp³-hybridized carbons (Fsp3) is 0.800. The fourth-order valence-electron chi connectivity index (χ4n) is 0.0373. The van der Waals surface area contributed by atoms with Crippen molar-refractivity contribution >= 4 is 18.9 Å². The predicted molar refractivity (Wildman–Crippen MR) is 33.7 cm³/mol. The average molecular weight is 118 g/mol. The van der Waals surface area contributed by atoms with Gasteiger partial charge in [-0.05, 0) is 0 Å². The molecule has 0 unspecified atom stereocenters. The summed E-state index contributed by atoms with van der Waals surface area (Å²) in [5.41, 5.74) is -0.233. The molecule has 0 aliphatic heterocycles. The van der Waals surface area contributed by atoms with Gasteiger partial charge in [-0.25, -0.2) is 0 Å². The van der Waals surface area contributed by atoms with Gasteiger partial charge in [0, 0.05) is 11.2 Å². The summed E-state index contributed by atoms with van der Waals surface area (Å²) in [5, 5.41) is 0. The standard InChI is InChI=1S/C5H10OS/c1-5(2,3-6)4-7/h3,7H,4H2,1-2H3. The molecule has 0 radical (unpaired) electrons. The molecule has 0 rings (SSSR count). The summed E-state index contributed by atoms with van der Waals surface area (Å²) < 4.78 is 0. The normalized spacial score (nSPS) is 11.3. The van der Waals surface area contributed by atoms with E-state index in [2.05, 4.69) is 12.6 Å². The third kappa shape index (κ3) is 2.68. The lowest BCUT2D eigenvalue weighted by molar-refractivity contribution is -0.113. The van der Waals surface area contributed by atoms with Crippen LogP contribution in [0.5, 0.6) is 0 Å². The molecule has 0 heterocycles. The Morgan fingerprint density at radius 2 is 2.14 bits per heavy atom. The van der Waals surface area contributed by atoms with E-state index in [1.54, 1.807) is 0 Å². The first kappa shape index (κ1) is 7.02. The van der Waals surface area contributed by atoms with Gasteiger partial charge in [0.1, 0.15) is 6.29 Å². The topological polar surface area (TPSA) is 17.1 Å². The second kappa shape index (κ2) is 2.36. The maximum Gasteiger partial charge on any atom is 0.126 e. The predicted octanol–water partition coefficient (Wildman–Crippen LogP) is 1.14. The molecule has 0 aromatic carbocycles. The molecule has 0 atom stereocenters. The average Bonchev–Trinajstić information content (AvgIpc) is 1.68. The van der Waals surface area contributed by atoms with Gasteiger partial charge in [-0.3, -0.25) is 0 Å². The molecule has 0 spiro atoms. The Kier molecular flexibility index (Phi) is 2.37. The third-order valence-corrected chi connectivity index (χ3v) is 1.54. The summed E-state index contributed by atoms with van der Waals surface area (Å²) in [5.74, 6) is 0.622. The first-order chi connectivity index (χ1) is 3.12. The van der Waals surface area contributed by atoms with Gasteiger partial charge in [0.2, 0.25) is 0 Å². The molecule has 0 aromatic heterocycles. The SMILES string of the molecule is CC(C)(C=O)CS. The molecule has 0 amide bonds. The van der Waals surface area contributed by atoms with E-state index < -0.39 is 0 Å². The molecule has 0 fully saturated rings. The van der Waals surface area contributed by atoms with Gasteiger partial charge >= 0.3 is 0 Å². The van der Waals surface area contributed by atoms with E-state index in [1.165, 1.54) is 0 Å². The van der Waals surface area contributed by atoms with Gasteiger partial charge in [0.25, 0.3) is 0 Å². The summed E-state index contributed by atoms with van der Waals surface area (Å²) in [4.78, 5) is 10.0. The second-order valence-corrected chi connectivity index (χ2v) is 2.58. The number of carbonyl (C=O) groups is 1. The van der Waals surface area contributed by atoms with Crippen LogP contribution in [0.4, 0.5) is 0 Å². The fourth-order valence-corrected chi connectivity index (χ4v) is 0.112. The Morgan fingerprint density at radius 3 is 2.14 bits per heavy atom. The first-order valence-corrected chi connectivity index (χ1v) is 2.83. The number of hydrogen-bond donors (Lipinski definition) is 1. The van der Waals surface area contributed by atoms with E-state index in [-0.39, 0.29) is 5.41 Å².